The molecule has 0 fully saturated rings. The molecule has 3 aromatic rings. The van der Waals surface area contributed by atoms with Gasteiger partial charge in [-0.05, 0) is 23.8 Å². The molecule has 8 heteroatoms. The van der Waals surface area contributed by atoms with E-state index < -0.39 is 23.2 Å². The number of rotatable bonds is 3. The first-order chi connectivity index (χ1) is 12.0. The molecule has 0 spiro atoms. The van der Waals surface area contributed by atoms with E-state index in [0.29, 0.717) is 16.3 Å². The Morgan fingerprint density at radius 2 is 1.68 bits per heavy atom. The van der Waals surface area contributed by atoms with E-state index in [9.17, 15) is 18.8 Å². The summed E-state index contributed by atoms with van der Waals surface area (Å²) in [5.41, 5.74) is 4.68. The molecule has 0 bridgehead atoms. The second-order valence-electron chi connectivity index (χ2n) is 5.25. The van der Waals surface area contributed by atoms with Crippen molar-refractivity contribution in [3.63, 3.8) is 0 Å². The fraction of sp³-hybridized carbons (Fsp3) is 0.0588. The normalized spacial score (nSPS) is 10.4. The third kappa shape index (κ3) is 3.69. The third-order valence-electron chi connectivity index (χ3n) is 3.50. The van der Waals surface area contributed by atoms with Crippen molar-refractivity contribution in [3.05, 3.63) is 76.0 Å². The van der Waals surface area contributed by atoms with E-state index in [2.05, 4.69) is 21.0 Å². The highest BCUT2D eigenvalue weighted by Gasteiger charge is 2.14. The van der Waals surface area contributed by atoms with E-state index in [1.54, 1.807) is 24.3 Å². The Kier molecular flexibility index (Phi) is 4.51. The minimum atomic E-state index is -0.667. The lowest BCUT2D eigenvalue weighted by Gasteiger charge is -2.08. The molecule has 3 N–H and O–H groups in total. The summed E-state index contributed by atoms with van der Waals surface area (Å²) in [5.74, 6) is -1.54. The van der Waals surface area contributed by atoms with Crippen LogP contribution in [0.3, 0.4) is 0 Å². The number of nitrogens with zero attached hydrogens (tertiary/aromatic N) is 1. The number of H-pyrrole nitrogens is 1. The number of benzene rings is 2. The number of hydrogen-bond acceptors (Lipinski definition) is 4. The van der Waals surface area contributed by atoms with Gasteiger partial charge in [-0.2, -0.15) is 5.10 Å². The molecule has 7 nitrogen and oxygen atoms in total. The van der Waals surface area contributed by atoms with Crippen molar-refractivity contribution >= 4 is 22.6 Å². The standard InChI is InChI=1S/C17H13FN4O3/c18-11-7-5-10(6-8-11)9-14(23)19-22-17(25)15-12-3-1-2-4-13(12)16(24)21-20-15/h1-8H,9H2,(H,19,23)(H,21,24)(H,22,25). The summed E-state index contributed by atoms with van der Waals surface area (Å²) >= 11 is 0. The Morgan fingerprint density at radius 3 is 2.40 bits per heavy atom. The largest absolute Gasteiger partial charge is 0.290 e. The number of halogens is 1. The van der Waals surface area contributed by atoms with Crippen LogP contribution in [0, 0.1) is 5.82 Å². The summed E-state index contributed by atoms with van der Waals surface area (Å²) in [6, 6.07) is 12.0. The van der Waals surface area contributed by atoms with Crippen molar-refractivity contribution in [2.75, 3.05) is 0 Å². The van der Waals surface area contributed by atoms with Gasteiger partial charge >= 0.3 is 0 Å². The van der Waals surface area contributed by atoms with Crippen LogP contribution in [-0.4, -0.2) is 22.0 Å². The molecule has 3 rings (SSSR count). The predicted molar refractivity (Wildman–Crippen MR) is 88.1 cm³/mol. The van der Waals surface area contributed by atoms with Gasteiger partial charge in [-0.25, -0.2) is 9.49 Å². The molecular weight excluding hydrogens is 327 g/mol. The monoisotopic (exact) mass is 340 g/mol. The fourth-order valence-electron chi connectivity index (χ4n) is 2.31. The first-order valence-electron chi connectivity index (χ1n) is 7.35. The maximum Gasteiger partial charge on any atom is 0.290 e. The Morgan fingerprint density at radius 1 is 1.00 bits per heavy atom. The number of fused-ring (bicyclic) bond motifs is 1. The molecule has 0 aliphatic carbocycles. The Balaban J connectivity index is 1.69. The maximum absolute atomic E-state index is 12.8. The number of aromatic nitrogens is 2. The van der Waals surface area contributed by atoms with E-state index in [-0.39, 0.29) is 12.1 Å². The van der Waals surface area contributed by atoms with Crippen LogP contribution in [0.1, 0.15) is 16.1 Å². The van der Waals surface area contributed by atoms with Gasteiger partial charge < -0.3 is 0 Å². The summed E-state index contributed by atoms with van der Waals surface area (Å²) in [7, 11) is 0. The van der Waals surface area contributed by atoms with E-state index in [1.165, 1.54) is 24.3 Å². The highest BCUT2D eigenvalue weighted by atomic mass is 19.1. The van der Waals surface area contributed by atoms with Crippen LogP contribution in [0.2, 0.25) is 0 Å². The van der Waals surface area contributed by atoms with Crippen LogP contribution in [0.4, 0.5) is 4.39 Å². The lowest BCUT2D eigenvalue weighted by molar-refractivity contribution is -0.121. The average molecular weight is 340 g/mol. The zero-order valence-corrected chi connectivity index (χ0v) is 12.9. The lowest BCUT2D eigenvalue weighted by Crippen LogP contribution is -2.43. The number of hydrogen-bond donors (Lipinski definition) is 3. The molecule has 1 aromatic heterocycles. The summed E-state index contributed by atoms with van der Waals surface area (Å²) in [4.78, 5) is 35.8. The quantitative estimate of drug-likeness (QED) is 0.620. The van der Waals surface area contributed by atoms with Gasteiger partial charge in [0.05, 0.1) is 11.8 Å². The smallest absolute Gasteiger partial charge is 0.273 e. The molecule has 0 saturated carbocycles. The maximum atomic E-state index is 12.8. The summed E-state index contributed by atoms with van der Waals surface area (Å²) in [6.07, 6.45) is -0.0274. The number of carbonyl (C=O) groups is 2. The lowest BCUT2D eigenvalue weighted by atomic mass is 10.1. The van der Waals surface area contributed by atoms with Gasteiger partial charge in [0, 0.05) is 5.39 Å². The molecule has 0 unspecified atom stereocenters. The molecule has 1 heterocycles. The number of carbonyl (C=O) groups excluding carboxylic acids is 2. The number of nitrogens with one attached hydrogen (secondary N) is 3. The van der Waals surface area contributed by atoms with Gasteiger partial charge in [0.1, 0.15) is 5.82 Å². The molecule has 0 radical (unpaired) electrons. The molecule has 2 aromatic carbocycles. The molecular formula is C17H13FN4O3. The van der Waals surface area contributed by atoms with Crippen LogP contribution >= 0.6 is 0 Å². The van der Waals surface area contributed by atoms with Crippen LogP contribution in [0.15, 0.2) is 53.3 Å². The Hall–Kier alpha value is -3.55. The first kappa shape index (κ1) is 16.3. The number of amides is 2. The van der Waals surface area contributed by atoms with Crippen LogP contribution in [0.25, 0.3) is 10.8 Å². The van der Waals surface area contributed by atoms with Gasteiger partial charge in [0.2, 0.25) is 5.91 Å². The molecule has 25 heavy (non-hydrogen) atoms. The summed E-state index contributed by atoms with van der Waals surface area (Å²) in [6.45, 7) is 0. The van der Waals surface area contributed by atoms with Crippen LogP contribution in [0.5, 0.6) is 0 Å². The van der Waals surface area contributed by atoms with E-state index >= 15 is 0 Å². The van der Waals surface area contributed by atoms with Gasteiger partial charge in [0.25, 0.3) is 11.5 Å². The van der Waals surface area contributed by atoms with Gasteiger partial charge in [-0.15, -0.1) is 0 Å². The van der Waals surface area contributed by atoms with E-state index in [0.717, 1.165) is 0 Å². The second kappa shape index (κ2) is 6.91. The SMILES string of the molecule is O=C(Cc1ccc(F)cc1)NNC(=O)c1n[nH]c(=O)c2ccccc12. The zero-order chi connectivity index (χ0) is 17.8. The highest BCUT2D eigenvalue weighted by Crippen LogP contribution is 2.11. The van der Waals surface area contributed by atoms with Crippen molar-refractivity contribution < 1.29 is 14.0 Å². The zero-order valence-electron chi connectivity index (χ0n) is 12.9. The van der Waals surface area contributed by atoms with Crippen molar-refractivity contribution in [1.82, 2.24) is 21.0 Å². The molecule has 0 atom stereocenters. The number of aromatic amines is 1. The molecule has 0 aliphatic rings. The van der Waals surface area contributed by atoms with E-state index in [1.807, 2.05) is 0 Å². The number of hydrazine groups is 1. The molecule has 0 saturated heterocycles. The Bertz CT molecular complexity index is 999. The second-order valence-corrected chi connectivity index (χ2v) is 5.25. The van der Waals surface area contributed by atoms with Gasteiger partial charge in [0.15, 0.2) is 5.69 Å². The third-order valence-corrected chi connectivity index (χ3v) is 3.50. The van der Waals surface area contributed by atoms with Crippen LogP contribution < -0.4 is 16.4 Å². The Labute approximate surface area is 140 Å². The fourth-order valence-corrected chi connectivity index (χ4v) is 2.31. The topological polar surface area (TPSA) is 104 Å². The van der Waals surface area contributed by atoms with Gasteiger partial charge in [-0.3, -0.25) is 25.2 Å². The summed E-state index contributed by atoms with van der Waals surface area (Å²) in [5, 5.41) is 6.67. The van der Waals surface area contributed by atoms with Crippen LogP contribution in [-0.2, 0) is 11.2 Å². The van der Waals surface area contributed by atoms with Crippen molar-refractivity contribution in [1.29, 1.82) is 0 Å². The minimum Gasteiger partial charge on any atom is -0.273 e. The minimum absolute atomic E-state index is 0.0164. The molecule has 0 aliphatic heterocycles. The molecule has 2 amide bonds. The van der Waals surface area contributed by atoms with Crippen molar-refractivity contribution in [3.8, 4) is 0 Å². The average Bonchev–Trinajstić information content (AvgIpc) is 2.62. The molecule has 126 valence electrons. The first-order valence-corrected chi connectivity index (χ1v) is 7.35. The van der Waals surface area contributed by atoms with Crippen molar-refractivity contribution in [2.24, 2.45) is 0 Å². The van der Waals surface area contributed by atoms with E-state index in [4.69, 9.17) is 0 Å². The van der Waals surface area contributed by atoms with Gasteiger partial charge in [-0.1, -0.05) is 30.3 Å². The highest BCUT2D eigenvalue weighted by molar-refractivity contribution is 6.05. The predicted octanol–water partition coefficient (Wildman–Crippen LogP) is 1.07. The summed E-state index contributed by atoms with van der Waals surface area (Å²) < 4.78 is 12.8. The van der Waals surface area contributed by atoms with Crippen molar-refractivity contribution in [2.45, 2.75) is 6.42 Å².